The average Bonchev–Trinajstić information content (AvgIpc) is 3.00. The number of amides is 1. The number of carbonyl (C=O) groups excluding carboxylic acids is 2. The molecule has 0 atom stereocenters. The molecular formula is C16H16BrNO4S. The van der Waals surface area contributed by atoms with Crippen molar-refractivity contribution in [2.45, 2.75) is 11.3 Å². The Kier molecular flexibility index (Phi) is 7.22. The van der Waals surface area contributed by atoms with Crippen LogP contribution in [-0.2, 0) is 9.53 Å². The lowest BCUT2D eigenvalue weighted by Gasteiger charge is -2.06. The number of carbonyl (C=O) groups is 2. The van der Waals surface area contributed by atoms with Crippen LogP contribution in [0.2, 0.25) is 0 Å². The second-order valence-corrected chi connectivity index (χ2v) is 6.49. The highest BCUT2D eigenvalue weighted by atomic mass is 79.9. The molecule has 1 N–H and O–H groups in total. The van der Waals surface area contributed by atoms with E-state index in [1.54, 1.807) is 17.8 Å². The first-order valence-electron chi connectivity index (χ1n) is 7.02. The number of hydrogen-bond acceptors (Lipinski definition) is 5. The van der Waals surface area contributed by atoms with E-state index in [1.807, 2.05) is 18.2 Å². The van der Waals surface area contributed by atoms with Crippen molar-refractivity contribution in [2.24, 2.45) is 0 Å². The van der Waals surface area contributed by atoms with Crippen molar-refractivity contribution in [2.75, 3.05) is 18.9 Å². The quantitative estimate of drug-likeness (QED) is 0.419. The first-order valence-corrected chi connectivity index (χ1v) is 8.80. The van der Waals surface area contributed by atoms with Gasteiger partial charge in [-0.1, -0.05) is 18.2 Å². The molecule has 0 spiro atoms. The topological polar surface area (TPSA) is 68.5 Å². The van der Waals surface area contributed by atoms with Crippen LogP contribution in [0.3, 0.4) is 0 Å². The number of furan rings is 1. The smallest absolute Gasteiger partial charge is 0.374 e. The maximum Gasteiger partial charge on any atom is 0.374 e. The lowest BCUT2D eigenvalue weighted by Crippen LogP contribution is -2.29. The van der Waals surface area contributed by atoms with E-state index < -0.39 is 5.97 Å². The van der Waals surface area contributed by atoms with Crippen LogP contribution in [0, 0.1) is 0 Å². The predicted octanol–water partition coefficient (Wildman–Crippen LogP) is 3.50. The first kappa shape index (κ1) is 17.6. The molecule has 0 aliphatic carbocycles. The second-order valence-electron chi connectivity index (χ2n) is 4.54. The van der Waals surface area contributed by atoms with Gasteiger partial charge in [-0.05, 0) is 52.4 Å². The molecule has 0 aliphatic rings. The predicted molar refractivity (Wildman–Crippen MR) is 91.5 cm³/mol. The molecule has 0 radical (unpaired) electrons. The van der Waals surface area contributed by atoms with Gasteiger partial charge >= 0.3 is 5.97 Å². The number of ether oxygens (including phenoxy) is 1. The van der Waals surface area contributed by atoms with Crippen LogP contribution in [0.5, 0.6) is 0 Å². The van der Waals surface area contributed by atoms with Crippen LogP contribution in [0.15, 0.2) is 56.4 Å². The van der Waals surface area contributed by atoms with E-state index in [9.17, 15) is 9.59 Å². The van der Waals surface area contributed by atoms with Crippen LogP contribution in [0.4, 0.5) is 0 Å². The lowest BCUT2D eigenvalue weighted by atomic mass is 10.4. The van der Waals surface area contributed by atoms with Crippen molar-refractivity contribution >= 4 is 39.6 Å². The molecule has 0 unspecified atom stereocenters. The summed E-state index contributed by atoms with van der Waals surface area (Å²) in [5, 5.41) is 2.71. The Bertz CT molecular complexity index is 645. The van der Waals surface area contributed by atoms with Gasteiger partial charge in [-0.3, -0.25) is 4.79 Å². The summed E-state index contributed by atoms with van der Waals surface area (Å²) in [5.41, 5.74) is 0. The zero-order chi connectivity index (χ0) is 16.5. The van der Waals surface area contributed by atoms with Crippen LogP contribution >= 0.6 is 27.7 Å². The van der Waals surface area contributed by atoms with Crippen molar-refractivity contribution < 1.29 is 18.7 Å². The summed E-state index contributed by atoms with van der Waals surface area (Å²) in [7, 11) is 0. The minimum absolute atomic E-state index is 0.0592. The van der Waals surface area contributed by atoms with Gasteiger partial charge in [-0.2, -0.15) is 0 Å². The van der Waals surface area contributed by atoms with Crippen molar-refractivity contribution in [1.82, 2.24) is 5.32 Å². The maximum atomic E-state index is 11.6. The fourth-order valence-corrected chi connectivity index (χ4v) is 2.86. The number of hydrogen-bond donors (Lipinski definition) is 1. The third kappa shape index (κ3) is 6.50. The van der Waals surface area contributed by atoms with Gasteiger partial charge in [-0.15, -0.1) is 11.8 Å². The average molecular weight is 398 g/mol. The molecule has 2 rings (SSSR count). The summed E-state index contributed by atoms with van der Waals surface area (Å²) in [6.07, 6.45) is 0.838. The molecule has 1 aromatic heterocycles. The summed E-state index contributed by atoms with van der Waals surface area (Å²) >= 11 is 4.83. The number of esters is 1. The number of rotatable bonds is 8. The van der Waals surface area contributed by atoms with Gasteiger partial charge in [-0.25, -0.2) is 4.79 Å². The fraction of sp³-hybridized carbons (Fsp3) is 0.250. The van der Waals surface area contributed by atoms with E-state index >= 15 is 0 Å². The molecule has 0 saturated heterocycles. The van der Waals surface area contributed by atoms with Crippen molar-refractivity contribution in [3.05, 3.63) is 52.9 Å². The van der Waals surface area contributed by atoms with Crippen molar-refractivity contribution in [1.29, 1.82) is 0 Å². The minimum atomic E-state index is -0.662. The Balaban J connectivity index is 1.56. The van der Waals surface area contributed by atoms with E-state index in [-0.39, 0.29) is 18.3 Å². The molecular weight excluding hydrogens is 382 g/mol. The highest BCUT2D eigenvalue weighted by Crippen LogP contribution is 2.17. The molecule has 2 aromatic rings. The van der Waals surface area contributed by atoms with Gasteiger partial charge in [0, 0.05) is 11.4 Å². The van der Waals surface area contributed by atoms with Crippen LogP contribution in [0.1, 0.15) is 17.0 Å². The minimum Gasteiger partial charge on any atom is -0.450 e. The van der Waals surface area contributed by atoms with E-state index in [2.05, 4.69) is 33.4 Å². The molecule has 122 valence electrons. The van der Waals surface area contributed by atoms with Crippen molar-refractivity contribution in [3.63, 3.8) is 0 Å². The molecule has 1 amide bonds. The summed E-state index contributed by atoms with van der Waals surface area (Å²) in [6, 6.07) is 13.1. The summed E-state index contributed by atoms with van der Waals surface area (Å²) in [4.78, 5) is 24.4. The zero-order valence-corrected chi connectivity index (χ0v) is 14.7. The van der Waals surface area contributed by atoms with E-state index in [4.69, 9.17) is 9.15 Å². The zero-order valence-electron chi connectivity index (χ0n) is 12.3. The Hall–Kier alpha value is -1.73. The molecule has 0 bridgehead atoms. The van der Waals surface area contributed by atoms with E-state index in [0.29, 0.717) is 11.2 Å². The number of benzene rings is 1. The number of halogens is 1. The SMILES string of the molecule is O=C(COC(=O)c1ccc(Br)o1)NCCCSc1ccccc1. The molecule has 0 aliphatic heterocycles. The third-order valence-electron chi connectivity index (χ3n) is 2.76. The van der Waals surface area contributed by atoms with Crippen LogP contribution in [-0.4, -0.2) is 30.8 Å². The molecule has 5 nitrogen and oxygen atoms in total. The summed E-state index contributed by atoms with van der Waals surface area (Å²) < 4.78 is 10.3. The van der Waals surface area contributed by atoms with Gasteiger partial charge in [0.05, 0.1) is 0 Å². The number of thioether (sulfide) groups is 1. The standard InChI is InChI=1S/C16H16BrNO4S/c17-14-8-7-13(22-14)16(20)21-11-15(19)18-9-4-10-23-12-5-2-1-3-6-12/h1-3,5-8H,4,9-11H2,(H,18,19). The third-order valence-corrected chi connectivity index (χ3v) is 4.29. The van der Waals surface area contributed by atoms with Gasteiger partial charge in [0.25, 0.3) is 5.91 Å². The van der Waals surface area contributed by atoms with Gasteiger partial charge in [0.1, 0.15) is 0 Å². The Labute approximate surface area is 146 Å². The van der Waals surface area contributed by atoms with Gasteiger partial charge in [0.2, 0.25) is 5.76 Å². The summed E-state index contributed by atoms with van der Waals surface area (Å²) in [6.45, 7) is 0.228. The van der Waals surface area contributed by atoms with Crippen LogP contribution in [0.25, 0.3) is 0 Å². The summed E-state index contributed by atoms with van der Waals surface area (Å²) in [5.74, 6) is -0.0204. The maximum absolute atomic E-state index is 11.6. The van der Waals surface area contributed by atoms with E-state index in [1.165, 1.54) is 11.0 Å². The molecule has 23 heavy (non-hydrogen) atoms. The Morgan fingerprint density at radius 1 is 1.17 bits per heavy atom. The Morgan fingerprint density at radius 2 is 1.96 bits per heavy atom. The van der Waals surface area contributed by atoms with Gasteiger partial charge in [0.15, 0.2) is 11.3 Å². The van der Waals surface area contributed by atoms with Crippen molar-refractivity contribution in [3.8, 4) is 0 Å². The molecule has 0 saturated carbocycles. The molecule has 1 heterocycles. The van der Waals surface area contributed by atoms with E-state index in [0.717, 1.165) is 12.2 Å². The highest BCUT2D eigenvalue weighted by Gasteiger charge is 2.13. The molecule has 7 heteroatoms. The normalized spacial score (nSPS) is 10.3. The second kappa shape index (κ2) is 9.42. The molecule has 0 fully saturated rings. The lowest BCUT2D eigenvalue weighted by molar-refractivity contribution is -0.124. The van der Waals surface area contributed by atoms with Gasteiger partial charge < -0.3 is 14.5 Å². The monoisotopic (exact) mass is 397 g/mol. The largest absolute Gasteiger partial charge is 0.450 e. The molecule has 1 aromatic carbocycles. The fourth-order valence-electron chi connectivity index (χ4n) is 1.68. The number of nitrogens with one attached hydrogen (secondary N) is 1. The first-order chi connectivity index (χ1) is 11.1. The Morgan fingerprint density at radius 3 is 2.65 bits per heavy atom. The highest BCUT2D eigenvalue weighted by molar-refractivity contribution is 9.10. The van der Waals surface area contributed by atoms with Crippen LogP contribution < -0.4 is 5.32 Å².